The van der Waals surface area contributed by atoms with Gasteiger partial charge in [-0.2, -0.15) is 0 Å². The molecule has 6 heteroatoms. The molecular weight excluding hydrogens is 220 g/mol. The Morgan fingerprint density at radius 3 is 2.53 bits per heavy atom. The van der Waals surface area contributed by atoms with Gasteiger partial charge in [-0.1, -0.05) is 30.3 Å². The van der Waals surface area contributed by atoms with Crippen molar-refractivity contribution in [1.29, 1.82) is 0 Å². The van der Waals surface area contributed by atoms with Gasteiger partial charge in [0.05, 0.1) is 6.54 Å². The van der Waals surface area contributed by atoms with E-state index in [1.165, 1.54) is 0 Å². The number of benzene rings is 1. The minimum Gasteiger partial charge on any atom is -0.290 e. The lowest BCUT2D eigenvalue weighted by Crippen LogP contribution is -2.27. The van der Waals surface area contributed by atoms with E-state index in [-0.39, 0.29) is 6.54 Å². The lowest BCUT2D eigenvalue weighted by atomic mass is 10.0. The highest BCUT2D eigenvalue weighted by molar-refractivity contribution is 6.14. The summed E-state index contributed by atoms with van der Waals surface area (Å²) in [5.74, 6) is -0.568. The molecule has 1 N–H and O–H groups in total. The first-order valence-electron chi connectivity index (χ1n) is 4.21. The maximum Gasteiger partial charge on any atom is 0.296 e. The summed E-state index contributed by atoms with van der Waals surface area (Å²) in [5, 5.41) is 10.7. The van der Waals surface area contributed by atoms with Crippen LogP contribution in [0.4, 0.5) is 0 Å². The fraction of sp³-hybridized carbons (Fsp3) is 0.222. The maximum atomic E-state index is 11.4. The largest absolute Gasteiger partial charge is 0.296 e. The molecule has 0 amide bonds. The van der Waals surface area contributed by atoms with Crippen molar-refractivity contribution in [1.82, 2.24) is 4.84 Å². The average Bonchev–Trinajstić information content (AvgIpc) is 2.19. The molecule has 5 nitrogen and oxygen atoms in total. The Morgan fingerprint density at radius 1 is 1.47 bits per heavy atom. The summed E-state index contributed by atoms with van der Waals surface area (Å²) in [6.45, 7) is -0.234. The van der Waals surface area contributed by atoms with Crippen LogP contribution in [0.5, 0.6) is 0 Å². The summed E-state index contributed by atoms with van der Waals surface area (Å²) in [4.78, 5) is 23.6. The number of Topliss-reactive ketones (excluding diaryl/α,β-unsaturated/α-hetero) is 1. The molecule has 1 aromatic carbocycles. The predicted molar refractivity (Wildman–Crippen MR) is 55.0 cm³/mol. The van der Waals surface area contributed by atoms with Crippen LogP contribution in [0.2, 0.25) is 0 Å². The zero-order chi connectivity index (χ0) is 11.3. The number of nitrogens with zero attached hydrogens (tertiary/aromatic N) is 1. The van der Waals surface area contributed by atoms with Gasteiger partial charge in [0.15, 0.2) is 0 Å². The average molecular weight is 229 g/mol. The highest BCUT2D eigenvalue weighted by Gasteiger charge is 2.30. The first-order valence-corrected chi connectivity index (χ1v) is 4.59. The van der Waals surface area contributed by atoms with Crippen LogP contribution in [-0.4, -0.2) is 17.3 Å². The normalized spacial score (nSPS) is 12.1. The summed E-state index contributed by atoms with van der Waals surface area (Å²) >= 11 is 5.14. The second-order valence-corrected chi connectivity index (χ2v) is 3.14. The van der Waals surface area contributed by atoms with Crippen LogP contribution in [0.1, 0.15) is 11.6 Å². The van der Waals surface area contributed by atoms with Gasteiger partial charge in [0.1, 0.15) is 0 Å². The van der Waals surface area contributed by atoms with Crippen LogP contribution in [-0.2, 0) is 4.79 Å². The molecule has 1 atom stereocenters. The monoisotopic (exact) mass is 228 g/mol. The molecule has 0 aliphatic carbocycles. The molecule has 0 saturated heterocycles. The summed E-state index contributed by atoms with van der Waals surface area (Å²) in [5.41, 5.74) is 0.361. The Kier molecular flexibility index (Phi) is 4.20. The summed E-state index contributed by atoms with van der Waals surface area (Å²) in [6.07, 6.45) is 0. The van der Waals surface area contributed by atoms with E-state index in [2.05, 4.69) is 4.84 Å². The van der Waals surface area contributed by atoms with Gasteiger partial charge in [-0.05, 0) is 11.8 Å². The molecule has 0 aliphatic heterocycles. The third-order valence-electron chi connectivity index (χ3n) is 1.87. The van der Waals surface area contributed by atoms with Crippen molar-refractivity contribution in [2.45, 2.75) is 6.04 Å². The van der Waals surface area contributed by atoms with Crippen LogP contribution in [0.15, 0.2) is 30.3 Å². The van der Waals surface area contributed by atoms with Gasteiger partial charge in [-0.15, -0.1) is 0 Å². The van der Waals surface area contributed by atoms with Crippen LogP contribution in [0, 0.1) is 10.1 Å². The van der Waals surface area contributed by atoms with Gasteiger partial charge >= 0.3 is 0 Å². The van der Waals surface area contributed by atoms with Gasteiger partial charge < -0.3 is 0 Å². The van der Waals surface area contributed by atoms with Crippen molar-refractivity contribution < 1.29 is 9.72 Å². The number of hydrogen-bond donors (Lipinski definition) is 1. The third-order valence-corrected chi connectivity index (χ3v) is 2.01. The maximum absolute atomic E-state index is 11.4. The van der Waals surface area contributed by atoms with E-state index in [0.29, 0.717) is 5.56 Å². The Morgan fingerprint density at radius 2 is 2.07 bits per heavy atom. The third kappa shape index (κ3) is 3.00. The van der Waals surface area contributed by atoms with Crippen LogP contribution < -0.4 is 4.84 Å². The number of rotatable bonds is 5. The van der Waals surface area contributed by atoms with Gasteiger partial charge in [-0.3, -0.25) is 14.9 Å². The zero-order valence-electron chi connectivity index (χ0n) is 7.72. The molecule has 0 aromatic heterocycles. The van der Waals surface area contributed by atoms with Gasteiger partial charge in [0.2, 0.25) is 5.78 Å². The number of nitro groups is 1. The Labute approximate surface area is 91.3 Å². The highest BCUT2D eigenvalue weighted by Crippen LogP contribution is 2.16. The lowest BCUT2D eigenvalue weighted by Gasteiger charge is -2.07. The molecule has 0 bridgehead atoms. The molecule has 0 spiro atoms. The smallest absolute Gasteiger partial charge is 0.290 e. The minimum absolute atomic E-state index is 0.234. The van der Waals surface area contributed by atoms with E-state index >= 15 is 0 Å². The predicted octanol–water partition coefficient (Wildman–Crippen LogP) is 1.32. The minimum atomic E-state index is -1.35. The van der Waals surface area contributed by atoms with Crippen LogP contribution >= 0.6 is 11.8 Å². The molecule has 1 rings (SSSR count). The van der Waals surface area contributed by atoms with E-state index < -0.39 is 16.7 Å². The molecule has 0 heterocycles. The van der Waals surface area contributed by atoms with Crippen molar-refractivity contribution in [3.05, 3.63) is 46.0 Å². The molecule has 0 saturated carbocycles. The number of halogens is 1. The quantitative estimate of drug-likeness (QED) is 0.469. The van der Waals surface area contributed by atoms with Gasteiger partial charge in [0, 0.05) is 10.5 Å². The molecule has 0 aliphatic rings. The molecule has 1 aromatic rings. The number of ketones is 1. The van der Waals surface area contributed by atoms with E-state index in [1.54, 1.807) is 30.3 Å². The van der Waals surface area contributed by atoms with Crippen molar-refractivity contribution in [3.8, 4) is 0 Å². The van der Waals surface area contributed by atoms with E-state index in [4.69, 9.17) is 11.8 Å². The molecule has 0 fully saturated rings. The number of hydrogen-bond acceptors (Lipinski definition) is 4. The van der Waals surface area contributed by atoms with Crippen LogP contribution in [0.25, 0.3) is 0 Å². The van der Waals surface area contributed by atoms with Crippen molar-refractivity contribution in [2.75, 3.05) is 6.54 Å². The van der Waals surface area contributed by atoms with Gasteiger partial charge in [0.25, 0.3) is 6.04 Å². The molecule has 80 valence electrons. The fourth-order valence-electron chi connectivity index (χ4n) is 1.22. The van der Waals surface area contributed by atoms with Crippen molar-refractivity contribution in [2.24, 2.45) is 0 Å². The first kappa shape index (κ1) is 11.6. The van der Waals surface area contributed by atoms with E-state index in [9.17, 15) is 14.9 Å². The molecular formula is C9H9ClN2O3. The second kappa shape index (κ2) is 5.43. The number of carbonyl (C=O) groups is 1. The van der Waals surface area contributed by atoms with Gasteiger partial charge in [-0.25, -0.2) is 4.84 Å². The van der Waals surface area contributed by atoms with E-state index in [1.807, 2.05) is 0 Å². The fourth-order valence-corrected chi connectivity index (χ4v) is 1.35. The zero-order valence-corrected chi connectivity index (χ0v) is 8.48. The summed E-state index contributed by atoms with van der Waals surface area (Å²) in [7, 11) is 0. The Balaban J connectivity index is 2.94. The lowest BCUT2D eigenvalue weighted by molar-refractivity contribution is -0.513. The highest BCUT2D eigenvalue weighted by atomic mass is 35.5. The van der Waals surface area contributed by atoms with Crippen LogP contribution in [0.3, 0.4) is 0 Å². The molecule has 0 radical (unpaired) electrons. The summed E-state index contributed by atoms with van der Waals surface area (Å²) in [6, 6.07) is 6.75. The summed E-state index contributed by atoms with van der Waals surface area (Å²) < 4.78 is 0. The Hall–Kier alpha value is -1.46. The first-order chi connectivity index (χ1) is 7.16. The Bertz CT molecular complexity index is 356. The standard InChI is InChI=1S/C9H9ClN2O3/c10-11-6-8(13)9(12(14)15)7-4-2-1-3-5-7/h1-5,9,11H,6H2. The van der Waals surface area contributed by atoms with Crippen molar-refractivity contribution >= 4 is 17.6 Å². The van der Waals surface area contributed by atoms with E-state index in [0.717, 1.165) is 0 Å². The molecule has 15 heavy (non-hydrogen) atoms. The number of carbonyl (C=O) groups excluding carboxylic acids is 1. The SMILES string of the molecule is O=C(CNCl)C(c1ccccc1)[N+](=O)[O-]. The number of nitrogens with one attached hydrogen (secondary N) is 1. The topological polar surface area (TPSA) is 72.2 Å². The molecule has 1 unspecified atom stereocenters. The second-order valence-electron chi connectivity index (χ2n) is 2.88. The van der Waals surface area contributed by atoms with Crippen molar-refractivity contribution in [3.63, 3.8) is 0 Å².